The summed E-state index contributed by atoms with van der Waals surface area (Å²) in [6.45, 7) is 3.94. The average molecular weight is 374 g/mol. The molecule has 0 bridgehead atoms. The lowest BCUT2D eigenvalue weighted by Gasteiger charge is -2.10. The van der Waals surface area contributed by atoms with Crippen LogP contribution in [0.25, 0.3) is 0 Å². The Balaban J connectivity index is 1.65. The lowest BCUT2D eigenvalue weighted by atomic mass is 10.1. The molecule has 3 rings (SSSR count). The first-order chi connectivity index (χ1) is 13.5. The van der Waals surface area contributed by atoms with E-state index in [1.54, 1.807) is 18.3 Å². The summed E-state index contributed by atoms with van der Waals surface area (Å²) in [5.41, 5.74) is 4.84. The Morgan fingerprint density at radius 1 is 0.929 bits per heavy atom. The van der Waals surface area contributed by atoms with Gasteiger partial charge in [-0.3, -0.25) is 14.6 Å². The maximum atomic E-state index is 12.4. The lowest BCUT2D eigenvalue weighted by molar-refractivity contribution is -0.114. The second-order valence-corrected chi connectivity index (χ2v) is 6.52. The van der Waals surface area contributed by atoms with Crippen molar-refractivity contribution >= 4 is 28.9 Å². The van der Waals surface area contributed by atoms with Gasteiger partial charge < -0.3 is 16.0 Å². The molecule has 3 aromatic rings. The van der Waals surface area contributed by atoms with Crippen LogP contribution in [0, 0.1) is 6.92 Å². The lowest BCUT2D eigenvalue weighted by Crippen LogP contribution is -2.23. The van der Waals surface area contributed by atoms with Gasteiger partial charge in [-0.2, -0.15) is 0 Å². The van der Waals surface area contributed by atoms with Crippen molar-refractivity contribution in [1.29, 1.82) is 0 Å². The molecule has 0 aliphatic carbocycles. The van der Waals surface area contributed by atoms with Crippen LogP contribution < -0.4 is 16.0 Å². The molecule has 0 radical (unpaired) electrons. The molecule has 3 N–H and O–H groups in total. The van der Waals surface area contributed by atoms with Crippen molar-refractivity contribution in [3.05, 3.63) is 83.7 Å². The summed E-state index contributed by atoms with van der Waals surface area (Å²) in [5.74, 6) is -0.324. The highest BCUT2D eigenvalue weighted by atomic mass is 16.2. The molecule has 0 atom stereocenters. The van der Waals surface area contributed by atoms with Crippen LogP contribution in [0.2, 0.25) is 0 Å². The molecule has 0 aliphatic rings. The third-order valence-corrected chi connectivity index (χ3v) is 4.05. The van der Waals surface area contributed by atoms with E-state index in [4.69, 9.17) is 0 Å². The van der Waals surface area contributed by atoms with Crippen LogP contribution in [-0.2, 0) is 11.3 Å². The van der Waals surface area contributed by atoms with Crippen LogP contribution in [-0.4, -0.2) is 16.8 Å². The Morgan fingerprint density at radius 3 is 2.43 bits per heavy atom. The number of carbonyl (C=O) groups is 2. The number of pyridine rings is 1. The van der Waals surface area contributed by atoms with Crippen LogP contribution in [0.5, 0.6) is 0 Å². The average Bonchev–Trinajstić information content (AvgIpc) is 2.67. The molecule has 28 heavy (non-hydrogen) atoms. The summed E-state index contributed by atoms with van der Waals surface area (Å²) < 4.78 is 0. The van der Waals surface area contributed by atoms with Crippen LogP contribution in [0.15, 0.2) is 67.0 Å². The number of aryl methyl sites for hydroxylation is 1. The van der Waals surface area contributed by atoms with Crippen LogP contribution >= 0.6 is 0 Å². The second-order valence-electron chi connectivity index (χ2n) is 6.52. The minimum absolute atomic E-state index is 0.133. The SMILES string of the molecule is CC(=O)Nc1cccc(Nc2cncc(C(=O)NCc3ccc(C)cc3)c2)c1. The molecule has 1 aromatic heterocycles. The topological polar surface area (TPSA) is 83.1 Å². The van der Waals surface area contributed by atoms with Crippen molar-refractivity contribution in [2.24, 2.45) is 0 Å². The zero-order chi connectivity index (χ0) is 19.9. The zero-order valence-corrected chi connectivity index (χ0v) is 15.8. The molecule has 0 unspecified atom stereocenters. The molecule has 1 heterocycles. The summed E-state index contributed by atoms with van der Waals surface area (Å²) >= 11 is 0. The van der Waals surface area contributed by atoms with E-state index >= 15 is 0 Å². The Labute approximate surface area is 164 Å². The largest absolute Gasteiger partial charge is 0.354 e. The fourth-order valence-electron chi connectivity index (χ4n) is 2.67. The third kappa shape index (κ3) is 5.41. The first-order valence-electron chi connectivity index (χ1n) is 8.93. The number of hydrogen-bond donors (Lipinski definition) is 3. The van der Waals surface area contributed by atoms with Crippen molar-refractivity contribution in [3.63, 3.8) is 0 Å². The van der Waals surface area contributed by atoms with Gasteiger partial charge in [0.25, 0.3) is 5.91 Å². The molecule has 0 aliphatic heterocycles. The number of benzene rings is 2. The fourth-order valence-corrected chi connectivity index (χ4v) is 2.67. The van der Waals surface area contributed by atoms with E-state index in [1.807, 2.05) is 49.4 Å². The molecule has 6 heteroatoms. The Morgan fingerprint density at radius 2 is 1.68 bits per heavy atom. The van der Waals surface area contributed by atoms with Gasteiger partial charge in [-0.15, -0.1) is 0 Å². The number of hydrogen-bond acceptors (Lipinski definition) is 4. The highest BCUT2D eigenvalue weighted by Gasteiger charge is 2.07. The van der Waals surface area contributed by atoms with E-state index in [0.717, 1.165) is 11.3 Å². The standard InChI is InChI=1S/C22H22N4O2/c1-15-6-8-17(9-7-15)12-24-22(28)18-10-21(14-23-13-18)26-20-5-3-4-19(11-20)25-16(2)27/h3-11,13-14,26H,12H2,1-2H3,(H,24,28)(H,25,27). The van der Waals surface area contributed by atoms with Gasteiger partial charge in [0, 0.05) is 31.0 Å². The maximum Gasteiger partial charge on any atom is 0.253 e. The molecule has 2 amide bonds. The maximum absolute atomic E-state index is 12.4. The van der Waals surface area contributed by atoms with Crippen molar-refractivity contribution in [1.82, 2.24) is 10.3 Å². The minimum Gasteiger partial charge on any atom is -0.354 e. The highest BCUT2D eigenvalue weighted by molar-refractivity contribution is 5.95. The van der Waals surface area contributed by atoms with E-state index in [2.05, 4.69) is 20.9 Å². The quantitative estimate of drug-likeness (QED) is 0.608. The first kappa shape index (κ1) is 19.1. The summed E-state index contributed by atoms with van der Waals surface area (Å²) in [7, 11) is 0. The molecule has 142 valence electrons. The summed E-state index contributed by atoms with van der Waals surface area (Å²) in [4.78, 5) is 27.8. The van der Waals surface area contributed by atoms with Gasteiger partial charge in [-0.05, 0) is 36.8 Å². The number of carbonyl (C=O) groups excluding carboxylic acids is 2. The van der Waals surface area contributed by atoms with Gasteiger partial charge in [0.1, 0.15) is 0 Å². The Bertz CT molecular complexity index is 984. The highest BCUT2D eigenvalue weighted by Crippen LogP contribution is 2.20. The van der Waals surface area contributed by atoms with Crippen LogP contribution in [0.1, 0.15) is 28.4 Å². The number of amides is 2. The summed E-state index contributed by atoms with van der Waals surface area (Å²) in [6.07, 6.45) is 3.17. The molecule has 0 saturated heterocycles. The fraction of sp³-hybridized carbons (Fsp3) is 0.136. The van der Waals surface area contributed by atoms with Crippen LogP contribution in [0.4, 0.5) is 17.1 Å². The van der Waals surface area contributed by atoms with Gasteiger partial charge in [0.2, 0.25) is 5.91 Å². The summed E-state index contributed by atoms with van der Waals surface area (Å²) in [5, 5.41) is 8.84. The van der Waals surface area contributed by atoms with E-state index in [9.17, 15) is 9.59 Å². The number of rotatable bonds is 6. The van der Waals surface area contributed by atoms with Gasteiger partial charge in [-0.25, -0.2) is 0 Å². The van der Waals surface area contributed by atoms with E-state index in [-0.39, 0.29) is 11.8 Å². The molecule has 0 spiro atoms. The van der Waals surface area contributed by atoms with Gasteiger partial charge in [-0.1, -0.05) is 35.9 Å². The monoisotopic (exact) mass is 374 g/mol. The summed E-state index contributed by atoms with van der Waals surface area (Å²) in [6, 6.07) is 17.1. The predicted octanol–water partition coefficient (Wildman–Crippen LogP) is 4.02. The number of nitrogens with zero attached hydrogens (tertiary/aromatic N) is 1. The van der Waals surface area contributed by atoms with Crippen molar-refractivity contribution < 1.29 is 9.59 Å². The van der Waals surface area contributed by atoms with Gasteiger partial charge in [0.05, 0.1) is 17.4 Å². The third-order valence-electron chi connectivity index (χ3n) is 4.05. The number of anilines is 3. The molecule has 2 aromatic carbocycles. The number of nitrogens with one attached hydrogen (secondary N) is 3. The second kappa shape index (κ2) is 8.81. The predicted molar refractivity (Wildman–Crippen MR) is 111 cm³/mol. The molecular weight excluding hydrogens is 352 g/mol. The molecular formula is C22H22N4O2. The van der Waals surface area contributed by atoms with E-state index in [0.29, 0.717) is 23.5 Å². The normalized spacial score (nSPS) is 10.2. The first-order valence-corrected chi connectivity index (χ1v) is 8.93. The molecule has 0 fully saturated rings. The molecule has 6 nitrogen and oxygen atoms in total. The minimum atomic E-state index is -0.191. The van der Waals surface area contributed by atoms with Gasteiger partial charge >= 0.3 is 0 Å². The Kier molecular flexibility index (Phi) is 6.01. The van der Waals surface area contributed by atoms with Gasteiger partial charge in [0.15, 0.2) is 0 Å². The zero-order valence-electron chi connectivity index (χ0n) is 15.8. The number of aromatic nitrogens is 1. The Hall–Kier alpha value is -3.67. The van der Waals surface area contributed by atoms with E-state index < -0.39 is 0 Å². The van der Waals surface area contributed by atoms with Crippen molar-refractivity contribution in [2.45, 2.75) is 20.4 Å². The van der Waals surface area contributed by atoms with Crippen LogP contribution in [0.3, 0.4) is 0 Å². The van der Waals surface area contributed by atoms with Crippen molar-refractivity contribution in [2.75, 3.05) is 10.6 Å². The van der Waals surface area contributed by atoms with Crippen molar-refractivity contribution in [3.8, 4) is 0 Å². The molecule has 0 saturated carbocycles. The van der Waals surface area contributed by atoms with E-state index in [1.165, 1.54) is 18.7 Å². The smallest absolute Gasteiger partial charge is 0.253 e.